The molecule has 0 aliphatic heterocycles. The lowest BCUT2D eigenvalue weighted by Gasteiger charge is -2.07. The van der Waals surface area contributed by atoms with Gasteiger partial charge in [0, 0.05) is 18.2 Å². The van der Waals surface area contributed by atoms with Gasteiger partial charge in [-0.05, 0) is 12.3 Å². The Hall–Kier alpha value is -1.80. The molecule has 0 radical (unpaired) electrons. The Kier molecular flexibility index (Phi) is 4.69. The fraction of sp³-hybridized carbons (Fsp3) is 0.154. The maximum atomic E-state index is 13.6. The fourth-order valence-corrected chi connectivity index (χ4v) is 3.65. The molecule has 4 nitrogen and oxygen atoms in total. The zero-order valence-electron chi connectivity index (χ0n) is 11.1. The summed E-state index contributed by atoms with van der Waals surface area (Å²) in [6, 6.07) is 3.37. The number of carbonyl (C=O) groups excluding carboxylic acids is 1. The number of hydrogen-bond donors (Lipinski definition) is 3. The third-order valence-electron chi connectivity index (χ3n) is 2.78. The summed E-state index contributed by atoms with van der Waals surface area (Å²) >= 11 is 2.48. The number of benzene rings is 1. The van der Waals surface area contributed by atoms with Crippen LogP contribution in [0.15, 0.2) is 23.1 Å². The molecule has 112 valence electrons. The number of nitrogen functional groups attached to an aromatic ring is 1. The molecule has 1 amide bonds. The molecule has 2 aromatic rings. The van der Waals surface area contributed by atoms with Crippen molar-refractivity contribution in [1.29, 1.82) is 0 Å². The quantitative estimate of drug-likeness (QED) is 0.737. The monoisotopic (exact) mass is 329 g/mol. The number of carbonyl (C=O) groups is 1. The Labute approximate surface area is 128 Å². The molecule has 21 heavy (non-hydrogen) atoms. The Balaban J connectivity index is 2.23. The molecule has 0 fully saturated rings. The summed E-state index contributed by atoms with van der Waals surface area (Å²) in [5.41, 5.74) is 11.7. The van der Waals surface area contributed by atoms with Crippen LogP contribution >= 0.6 is 23.1 Å². The van der Waals surface area contributed by atoms with Crippen LogP contribution in [-0.2, 0) is 6.54 Å². The normalized spacial score (nSPS) is 10.6. The van der Waals surface area contributed by atoms with Gasteiger partial charge < -0.3 is 16.8 Å². The van der Waals surface area contributed by atoms with Crippen LogP contribution in [0.4, 0.5) is 19.5 Å². The first-order valence-electron chi connectivity index (χ1n) is 5.88. The molecule has 0 atom stereocenters. The van der Waals surface area contributed by atoms with Gasteiger partial charge in [0.25, 0.3) is 5.91 Å². The van der Waals surface area contributed by atoms with Crippen molar-refractivity contribution < 1.29 is 13.6 Å². The minimum atomic E-state index is -0.632. The lowest BCUT2D eigenvalue weighted by Crippen LogP contribution is -2.10. The molecule has 0 aliphatic rings. The number of thiophene rings is 1. The van der Waals surface area contributed by atoms with E-state index in [9.17, 15) is 13.6 Å². The average molecular weight is 329 g/mol. The molecule has 5 N–H and O–H groups in total. The molecule has 0 saturated heterocycles. The fourth-order valence-electron chi connectivity index (χ4n) is 1.77. The Morgan fingerprint density at radius 3 is 2.71 bits per heavy atom. The van der Waals surface area contributed by atoms with E-state index in [4.69, 9.17) is 11.5 Å². The molecule has 1 aromatic heterocycles. The van der Waals surface area contributed by atoms with Crippen LogP contribution in [0, 0.1) is 11.6 Å². The third kappa shape index (κ3) is 3.27. The SMILES string of the molecule is CSc1c(NCc2ccc(F)cc2F)sc(C(N)=O)c1N. The number of thioether (sulfide) groups is 1. The van der Waals surface area contributed by atoms with Crippen LogP contribution in [0.2, 0.25) is 0 Å². The number of nitrogens with one attached hydrogen (secondary N) is 1. The van der Waals surface area contributed by atoms with Crippen LogP contribution in [0.25, 0.3) is 0 Å². The smallest absolute Gasteiger partial charge is 0.261 e. The predicted octanol–water partition coefficient (Wildman–Crippen LogP) is 3.04. The number of amides is 1. The molecule has 2 rings (SSSR count). The van der Waals surface area contributed by atoms with Crippen LogP contribution < -0.4 is 16.8 Å². The third-order valence-corrected chi connectivity index (χ3v) is 4.92. The standard InChI is InChI=1S/C13H13F2N3OS2/c1-20-11-9(16)10(12(17)19)21-13(11)18-5-6-2-3-7(14)4-8(6)15/h2-4,18H,5,16H2,1H3,(H2,17,19). The summed E-state index contributed by atoms with van der Waals surface area (Å²) < 4.78 is 26.4. The molecule has 0 bridgehead atoms. The van der Waals surface area contributed by atoms with Crippen LogP contribution in [0.1, 0.15) is 15.2 Å². The van der Waals surface area contributed by atoms with E-state index in [-0.39, 0.29) is 11.4 Å². The summed E-state index contributed by atoms with van der Waals surface area (Å²) in [4.78, 5) is 12.2. The van der Waals surface area contributed by atoms with Gasteiger partial charge in [-0.15, -0.1) is 23.1 Å². The number of halogens is 2. The highest BCUT2D eigenvalue weighted by Crippen LogP contribution is 2.41. The van der Waals surface area contributed by atoms with Gasteiger partial charge in [0.15, 0.2) is 0 Å². The van der Waals surface area contributed by atoms with E-state index >= 15 is 0 Å². The van der Waals surface area contributed by atoms with Crippen molar-refractivity contribution in [2.45, 2.75) is 11.4 Å². The van der Waals surface area contributed by atoms with Crippen LogP contribution in [0.5, 0.6) is 0 Å². The van der Waals surface area contributed by atoms with E-state index in [1.165, 1.54) is 23.9 Å². The molecule has 0 aliphatic carbocycles. The number of primary amides is 1. The summed E-state index contributed by atoms with van der Waals surface area (Å²) in [6.45, 7) is 0.151. The van der Waals surface area contributed by atoms with Gasteiger partial charge in [-0.25, -0.2) is 8.78 Å². The van der Waals surface area contributed by atoms with Gasteiger partial charge in [-0.2, -0.15) is 0 Å². The van der Waals surface area contributed by atoms with E-state index in [1.807, 2.05) is 6.26 Å². The van der Waals surface area contributed by atoms with Crippen LogP contribution in [0.3, 0.4) is 0 Å². The summed E-state index contributed by atoms with van der Waals surface area (Å²) in [5.74, 6) is -1.86. The second-order valence-corrected chi connectivity index (χ2v) is 6.00. The zero-order valence-corrected chi connectivity index (χ0v) is 12.7. The molecule has 1 aromatic carbocycles. The number of anilines is 2. The van der Waals surface area contributed by atoms with Gasteiger partial charge in [0.1, 0.15) is 21.5 Å². The largest absolute Gasteiger partial charge is 0.396 e. The molecule has 0 spiro atoms. The van der Waals surface area contributed by atoms with Crippen molar-refractivity contribution in [3.63, 3.8) is 0 Å². The van der Waals surface area contributed by atoms with Gasteiger partial charge in [-0.1, -0.05) is 6.07 Å². The maximum Gasteiger partial charge on any atom is 0.261 e. The summed E-state index contributed by atoms with van der Waals surface area (Å²) in [6.07, 6.45) is 1.81. The second-order valence-electron chi connectivity index (χ2n) is 4.16. The number of nitrogens with two attached hydrogens (primary N) is 2. The van der Waals surface area contributed by atoms with Crippen molar-refractivity contribution in [2.75, 3.05) is 17.3 Å². The highest BCUT2D eigenvalue weighted by Gasteiger charge is 2.18. The van der Waals surface area contributed by atoms with E-state index in [1.54, 1.807) is 0 Å². The van der Waals surface area contributed by atoms with Crippen molar-refractivity contribution in [3.05, 3.63) is 40.3 Å². The first kappa shape index (κ1) is 15.6. The Morgan fingerprint density at radius 1 is 1.43 bits per heavy atom. The lowest BCUT2D eigenvalue weighted by molar-refractivity contribution is 0.100. The van der Waals surface area contributed by atoms with Gasteiger partial charge in [0.2, 0.25) is 0 Å². The molecular weight excluding hydrogens is 316 g/mol. The van der Waals surface area contributed by atoms with Crippen molar-refractivity contribution in [2.24, 2.45) is 5.73 Å². The summed E-state index contributed by atoms with van der Waals surface area (Å²) in [5, 5.41) is 3.64. The molecule has 0 unspecified atom stereocenters. The van der Waals surface area contributed by atoms with E-state index in [0.29, 0.717) is 21.1 Å². The molecule has 1 heterocycles. The van der Waals surface area contributed by atoms with Gasteiger partial charge in [0.05, 0.1) is 10.6 Å². The average Bonchev–Trinajstić information content (AvgIpc) is 2.74. The van der Waals surface area contributed by atoms with E-state index in [0.717, 1.165) is 17.4 Å². The maximum absolute atomic E-state index is 13.6. The van der Waals surface area contributed by atoms with Crippen molar-refractivity contribution in [1.82, 2.24) is 0 Å². The van der Waals surface area contributed by atoms with E-state index in [2.05, 4.69) is 5.32 Å². The van der Waals surface area contributed by atoms with Crippen molar-refractivity contribution >= 4 is 39.7 Å². The Morgan fingerprint density at radius 2 is 2.14 bits per heavy atom. The molecule has 0 saturated carbocycles. The van der Waals surface area contributed by atoms with Gasteiger partial charge in [-0.3, -0.25) is 4.79 Å². The first-order valence-corrected chi connectivity index (χ1v) is 7.92. The topological polar surface area (TPSA) is 81.1 Å². The minimum Gasteiger partial charge on any atom is -0.396 e. The number of rotatable bonds is 5. The van der Waals surface area contributed by atoms with E-state index < -0.39 is 17.5 Å². The first-order chi connectivity index (χ1) is 9.93. The van der Waals surface area contributed by atoms with Crippen molar-refractivity contribution in [3.8, 4) is 0 Å². The molecule has 8 heteroatoms. The zero-order chi connectivity index (χ0) is 15.6. The van der Waals surface area contributed by atoms with Crippen LogP contribution in [-0.4, -0.2) is 12.2 Å². The Bertz CT molecular complexity index is 688. The minimum absolute atomic E-state index is 0.151. The summed E-state index contributed by atoms with van der Waals surface area (Å²) in [7, 11) is 0. The van der Waals surface area contributed by atoms with Gasteiger partial charge >= 0.3 is 0 Å². The highest BCUT2D eigenvalue weighted by molar-refractivity contribution is 7.99. The number of hydrogen-bond acceptors (Lipinski definition) is 5. The second kappa shape index (κ2) is 6.31. The molecular formula is C13H13F2N3OS2. The lowest BCUT2D eigenvalue weighted by atomic mass is 10.2. The highest BCUT2D eigenvalue weighted by atomic mass is 32.2. The predicted molar refractivity (Wildman–Crippen MR) is 82.7 cm³/mol.